The van der Waals surface area contributed by atoms with Gasteiger partial charge in [0.2, 0.25) is 0 Å². The number of anilines is 3. The monoisotopic (exact) mass is 332 g/mol. The lowest BCUT2D eigenvalue weighted by molar-refractivity contribution is 0.102. The van der Waals surface area contributed by atoms with Crippen LogP contribution >= 0.6 is 0 Å². The number of para-hydroxylation sites is 1. The Hall–Kier alpha value is -3.21. The van der Waals surface area contributed by atoms with E-state index in [2.05, 4.69) is 39.7 Å². The Labute approximate surface area is 147 Å². The summed E-state index contributed by atoms with van der Waals surface area (Å²) in [4.78, 5) is 20.7. The molecule has 3 aromatic rings. The van der Waals surface area contributed by atoms with Crippen LogP contribution in [0.4, 0.5) is 17.2 Å². The number of carbonyl (C=O) groups excluding carboxylic acids is 1. The first-order chi connectivity index (χ1) is 12.2. The molecule has 0 saturated carbocycles. The first-order valence-corrected chi connectivity index (χ1v) is 8.20. The number of hydrogen-bond acceptors (Lipinski definition) is 4. The summed E-state index contributed by atoms with van der Waals surface area (Å²) in [6.45, 7) is 4.06. The van der Waals surface area contributed by atoms with Gasteiger partial charge in [0.05, 0.1) is 0 Å². The van der Waals surface area contributed by atoms with Crippen molar-refractivity contribution in [3.63, 3.8) is 0 Å². The van der Waals surface area contributed by atoms with Crippen molar-refractivity contribution in [2.75, 3.05) is 10.6 Å². The Kier molecular flexibility index (Phi) is 5.04. The minimum absolute atomic E-state index is 0.263. The van der Waals surface area contributed by atoms with Crippen LogP contribution in [-0.4, -0.2) is 15.9 Å². The maximum absolute atomic E-state index is 12.4. The second kappa shape index (κ2) is 7.57. The third-order valence-electron chi connectivity index (χ3n) is 3.93. The molecule has 25 heavy (non-hydrogen) atoms. The van der Waals surface area contributed by atoms with Crippen LogP contribution in [0, 0.1) is 6.92 Å². The molecule has 0 aliphatic carbocycles. The Morgan fingerprint density at radius 1 is 1.04 bits per heavy atom. The van der Waals surface area contributed by atoms with Crippen molar-refractivity contribution < 1.29 is 4.79 Å². The smallest absolute Gasteiger partial charge is 0.274 e. The first-order valence-electron chi connectivity index (χ1n) is 8.20. The van der Waals surface area contributed by atoms with E-state index >= 15 is 0 Å². The normalized spacial score (nSPS) is 10.3. The molecule has 3 rings (SSSR count). The molecule has 0 spiro atoms. The molecule has 1 heterocycles. The SMILES string of the molecule is CCc1ccc(Nc2cc(C(=O)Nc3ccccc3C)ncn2)cc1. The average molecular weight is 332 g/mol. The van der Waals surface area contributed by atoms with Crippen LogP contribution in [0.2, 0.25) is 0 Å². The molecule has 0 aliphatic heterocycles. The van der Waals surface area contributed by atoms with Gasteiger partial charge in [0.1, 0.15) is 17.8 Å². The van der Waals surface area contributed by atoms with Gasteiger partial charge in [-0.05, 0) is 42.7 Å². The van der Waals surface area contributed by atoms with Gasteiger partial charge >= 0.3 is 0 Å². The van der Waals surface area contributed by atoms with Gasteiger partial charge in [0.15, 0.2) is 0 Å². The fourth-order valence-corrected chi connectivity index (χ4v) is 2.42. The van der Waals surface area contributed by atoms with Gasteiger partial charge in [-0.15, -0.1) is 0 Å². The predicted octanol–water partition coefficient (Wildman–Crippen LogP) is 4.34. The molecular formula is C20H20N4O. The quantitative estimate of drug-likeness (QED) is 0.729. The molecule has 0 aliphatic rings. The molecule has 0 saturated heterocycles. The van der Waals surface area contributed by atoms with Crippen LogP contribution in [0.15, 0.2) is 60.9 Å². The minimum atomic E-state index is -0.263. The summed E-state index contributed by atoms with van der Waals surface area (Å²) in [7, 11) is 0. The van der Waals surface area contributed by atoms with E-state index in [0.29, 0.717) is 11.5 Å². The molecule has 0 radical (unpaired) electrons. The second-order valence-corrected chi connectivity index (χ2v) is 5.73. The van der Waals surface area contributed by atoms with Crippen LogP contribution in [0.25, 0.3) is 0 Å². The van der Waals surface area contributed by atoms with Crippen molar-refractivity contribution in [2.45, 2.75) is 20.3 Å². The number of amides is 1. The first kappa shape index (κ1) is 16.6. The summed E-state index contributed by atoms with van der Waals surface area (Å²) in [5.41, 5.74) is 4.27. The van der Waals surface area contributed by atoms with E-state index in [4.69, 9.17) is 0 Å². The summed E-state index contributed by atoms with van der Waals surface area (Å²) in [6, 6.07) is 17.4. The lowest BCUT2D eigenvalue weighted by Crippen LogP contribution is -2.15. The maximum Gasteiger partial charge on any atom is 0.274 e. The van der Waals surface area contributed by atoms with Crippen molar-refractivity contribution in [1.82, 2.24) is 9.97 Å². The zero-order chi connectivity index (χ0) is 17.6. The van der Waals surface area contributed by atoms with Gasteiger partial charge in [-0.1, -0.05) is 37.3 Å². The topological polar surface area (TPSA) is 66.9 Å². The zero-order valence-electron chi connectivity index (χ0n) is 14.3. The Morgan fingerprint density at radius 3 is 2.52 bits per heavy atom. The lowest BCUT2D eigenvalue weighted by atomic mass is 10.1. The van der Waals surface area contributed by atoms with Crippen LogP contribution in [0.5, 0.6) is 0 Å². The molecule has 2 aromatic carbocycles. The third-order valence-corrected chi connectivity index (χ3v) is 3.93. The number of aromatic nitrogens is 2. The summed E-state index contributed by atoms with van der Waals surface area (Å²) in [5, 5.41) is 6.07. The Morgan fingerprint density at radius 2 is 1.80 bits per heavy atom. The Balaban J connectivity index is 1.74. The van der Waals surface area contributed by atoms with Gasteiger partial charge in [0, 0.05) is 17.4 Å². The second-order valence-electron chi connectivity index (χ2n) is 5.73. The van der Waals surface area contributed by atoms with Crippen LogP contribution in [-0.2, 0) is 6.42 Å². The van der Waals surface area contributed by atoms with Gasteiger partial charge in [0.25, 0.3) is 5.91 Å². The number of aryl methyl sites for hydroxylation is 2. The largest absolute Gasteiger partial charge is 0.340 e. The average Bonchev–Trinajstić information content (AvgIpc) is 2.64. The number of hydrogen-bond donors (Lipinski definition) is 2. The van der Waals surface area contributed by atoms with Gasteiger partial charge < -0.3 is 10.6 Å². The number of rotatable bonds is 5. The van der Waals surface area contributed by atoms with Crippen molar-refractivity contribution in [3.8, 4) is 0 Å². The molecular weight excluding hydrogens is 312 g/mol. The zero-order valence-corrected chi connectivity index (χ0v) is 14.3. The number of nitrogens with zero attached hydrogens (tertiary/aromatic N) is 2. The highest BCUT2D eigenvalue weighted by Gasteiger charge is 2.10. The highest BCUT2D eigenvalue weighted by atomic mass is 16.1. The molecule has 2 N–H and O–H groups in total. The minimum Gasteiger partial charge on any atom is -0.340 e. The van der Waals surface area contributed by atoms with Crippen LogP contribution < -0.4 is 10.6 Å². The van der Waals surface area contributed by atoms with Gasteiger partial charge in [-0.25, -0.2) is 9.97 Å². The van der Waals surface area contributed by atoms with Crippen molar-refractivity contribution >= 4 is 23.1 Å². The summed E-state index contributed by atoms with van der Waals surface area (Å²) >= 11 is 0. The maximum atomic E-state index is 12.4. The summed E-state index contributed by atoms with van der Waals surface area (Å²) in [5.74, 6) is 0.315. The van der Waals surface area contributed by atoms with Gasteiger partial charge in [-0.2, -0.15) is 0 Å². The van der Waals surface area contributed by atoms with E-state index < -0.39 is 0 Å². The van der Waals surface area contributed by atoms with E-state index in [0.717, 1.165) is 23.4 Å². The van der Waals surface area contributed by atoms with Crippen molar-refractivity contribution in [2.24, 2.45) is 0 Å². The molecule has 0 fully saturated rings. The van der Waals surface area contributed by atoms with E-state index in [1.807, 2.05) is 43.3 Å². The molecule has 1 amide bonds. The molecule has 5 heteroatoms. The van der Waals surface area contributed by atoms with Crippen LogP contribution in [0.3, 0.4) is 0 Å². The molecule has 1 aromatic heterocycles. The van der Waals surface area contributed by atoms with Crippen molar-refractivity contribution in [1.29, 1.82) is 0 Å². The number of nitrogens with one attached hydrogen (secondary N) is 2. The number of carbonyl (C=O) groups is 1. The lowest BCUT2D eigenvalue weighted by Gasteiger charge is -2.09. The van der Waals surface area contributed by atoms with E-state index in [1.165, 1.54) is 11.9 Å². The predicted molar refractivity (Wildman–Crippen MR) is 100 cm³/mol. The van der Waals surface area contributed by atoms with E-state index in [9.17, 15) is 4.79 Å². The highest BCUT2D eigenvalue weighted by Crippen LogP contribution is 2.17. The Bertz CT molecular complexity index is 875. The van der Waals surface area contributed by atoms with E-state index in [1.54, 1.807) is 6.07 Å². The fourth-order valence-electron chi connectivity index (χ4n) is 2.42. The summed E-state index contributed by atoms with van der Waals surface area (Å²) in [6.07, 6.45) is 2.38. The summed E-state index contributed by atoms with van der Waals surface area (Å²) < 4.78 is 0. The van der Waals surface area contributed by atoms with E-state index in [-0.39, 0.29) is 5.91 Å². The third kappa shape index (κ3) is 4.20. The molecule has 0 atom stereocenters. The molecule has 5 nitrogen and oxygen atoms in total. The van der Waals surface area contributed by atoms with Crippen LogP contribution in [0.1, 0.15) is 28.5 Å². The molecule has 0 bridgehead atoms. The van der Waals surface area contributed by atoms with Crippen molar-refractivity contribution in [3.05, 3.63) is 77.7 Å². The standard InChI is InChI=1S/C20H20N4O/c1-3-15-8-10-16(11-9-15)23-19-12-18(21-13-22-19)20(25)24-17-7-5-4-6-14(17)2/h4-13H,3H2,1-2H3,(H,24,25)(H,21,22,23). The number of benzene rings is 2. The molecule has 126 valence electrons. The van der Waals surface area contributed by atoms with Gasteiger partial charge in [-0.3, -0.25) is 4.79 Å². The molecule has 0 unspecified atom stereocenters. The highest BCUT2D eigenvalue weighted by molar-refractivity contribution is 6.03. The fraction of sp³-hybridized carbons (Fsp3) is 0.150.